The molecule has 0 radical (unpaired) electrons. The highest BCUT2D eigenvalue weighted by molar-refractivity contribution is 5.95. The molecule has 0 aliphatic rings. The molecule has 0 saturated heterocycles. The molecule has 0 aliphatic heterocycles. The molecule has 6 aromatic carbocycles. The molecule has 0 N–H and O–H groups in total. The molecule has 0 amide bonds. The van der Waals surface area contributed by atoms with Crippen molar-refractivity contribution in [2.75, 3.05) is 0 Å². The summed E-state index contributed by atoms with van der Waals surface area (Å²) in [6.07, 6.45) is 0. The van der Waals surface area contributed by atoms with Gasteiger partial charge in [-0.05, 0) is 42.5 Å². The highest BCUT2D eigenvalue weighted by Crippen LogP contribution is 2.34. The minimum atomic E-state index is 0.571. The van der Waals surface area contributed by atoms with Crippen molar-refractivity contribution in [3.05, 3.63) is 158 Å². The summed E-state index contributed by atoms with van der Waals surface area (Å²) in [6.45, 7) is 0. The number of fused-ring (bicyclic) bond motifs is 2. The maximum absolute atomic E-state index is 6.09. The standard InChI is InChI=1S/C42H26N6O/c1-4-13-27(14-5-1)38-46-39(28-15-6-2-7-16-28)48-41(47-38)32-20-12-19-31(25-32)40-43-34-22-11-10-21-33(34)37(45-40)30-23-24-36-35(26-30)44-42(49-36)29-17-8-3-9-18-29/h1-26H. The second kappa shape index (κ2) is 12.1. The molecule has 0 bridgehead atoms. The first-order chi connectivity index (χ1) is 24.2. The van der Waals surface area contributed by atoms with E-state index in [1.54, 1.807) is 0 Å². The number of benzene rings is 6. The van der Waals surface area contributed by atoms with Crippen LogP contribution in [0, 0.1) is 0 Å². The van der Waals surface area contributed by atoms with E-state index in [0.29, 0.717) is 29.2 Å². The molecule has 0 aliphatic carbocycles. The van der Waals surface area contributed by atoms with Crippen LogP contribution in [-0.4, -0.2) is 29.9 Å². The lowest BCUT2D eigenvalue weighted by molar-refractivity contribution is 0.620. The molecular formula is C42H26N6O. The first-order valence-electron chi connectivity index (χ1n) is 16.0. The Hall–Kier alpha value is -6.86. The maximum Gasteiger partial charge on any atom is 0.227 e. The summed E-state index contributed by atoms with van der Waals surface area (Å²) < 4.78 is 6.09. The van der Waals surface area contributed by atoms with Gasteiger partial charge in [-0.2, -0.15) is 0 Å². The Morgan fingerprint density at radius 3 is 1.51 bits per heavy atom. The fourth-order valence-electron chi connectivity index (χ4n) is 5.94. The summed E-state index contributed by atoms with van der Waals surface area (Å²) in [5.41, 5.74) is 8.52. The van der Waals surface area contributed by atoms with Gasteiger partial charge in [0.15, 0.2) is 28.9 Å². The van der Waals surface area contributed by atoms with Gasteiger partial charge in [0.1, 0.15) is 5.52 Å². The quantitative estimate of drug-likeness (QED) is 0.181. The molecule has 7 nitrogen and oxygen atoms in total. The van der Waals surface area contributed by atoms with Gasteiger partial charge in [0.05, 0.1) is 11.2 Å². The molecule has 3 heterocycles. The van der Waals surface area contributed by atoms with Gasteiger partial charge >= 0.3 is 0 Å². The molecule has 0 spiro atoms. The van der Waals surface area contributed by atoms with Crippen molar-refractivity contribution >= 4 is 22.0 Å². The fraction of sp³-hybridized carbons (Fsp3) is 0. The lowest BCUT2D eigenvalue weighted by atomic mass is 10.0. The van der Waals surface area contributed by atoms with Crippen LogP contribution >= 0.6 is 0 Å². The van der Waals surface area contributed by atoms with Crippen LogP contribution in [-0.2, 0) is 0 Å². The molecule has 3 aromatic heterocycles. The highest BCUT2D eigenvalue weighted by Gasteiger charge is 2.17. The Morgan fingerprint density at radius 1 is 0.327 bits per heavy atom. The topological polar surface area (TPSA) is 90.5 Å². The van der Waals surface area contributed by atoms with Crippen LogP contribution in [0.2, 0.25) is 0 Å². The molecule has 9 aromatic rings. The monoisotopic (exact) mass is 630 g/mol. The van der Waals surface area contributed by atoms with Crippen LogP contribution in [0.15, 0.2) is 162 Å². The second-order valence-corrected chi connectivity index (χ2v) is 11.6. The fourth-order valence-corrected chi connectivity index (χ4v) is 5.94. The van der Waals surface area contributed by atoms with Gasteiger partial charge in [-0.15, -0.1) is 0 Å². The first-order valence-corrected chi connectivity index (χ1v) is 16.0. The van der Waals surface area contributed by atoms with E-state index >= 15 is 0 Å². The first kappa shape index (κ1) is 28.4. The average molecular weight is 631 g/mol. The van der Waals surface area contributed by atoms with Crippen LogP contribution in [0.3, 0.4) is 0 Å². The van der Waals surface area contributed by atoms with Gasteiger partial charge < -0.3 is 4.42 Å². The van der Waals surface area contributed by atoms with Crippen molar-refractivity contribution in [3.8, 4) is 68.3 Å². The van der Waals surface area contributed by atoms with E-state index in [-0.39, 0.29) is 0 Å². The SMILES string of the molecule is c1ccc(-c2nc(-c3ccccc3)nc(-c3cccc(-c4nc(-c5ccc6oc(-c7ccccc7)nc6c5)c5ccccc5n4)c3)n2)cc1. The Labute approximate surface area is 281 Å². The summed E-state index contributed by atoms with van der Waals surface area (Å²) in [7, 11) is 0. The van der Waals surface area contributed by atoms with E-state index in [1.807, 2.05) is 158 Å². The number of rotatable bonds is 6. The van der Waals surface area contributed by atoms with Crippen molar-refractivity contribution in [3.63, 3.8) is 0 Å². The number of para-hydroxylation sites is 1. The van der Waals surface area contributed by atoms with Crippen LogP contribution in [0.1, 0.15) is 0 Å². The molecule has 0 fully saturated rings. The zero-order valence-electron chi connectivity index (χ0n) is 26.1. The van der Waals surface area contributed by atoms with Crippen molar-refractivity contribution in [2.24, 2.45) is 0 Å². The molecule has 49 heavy (non-hydrogen) atoms. The smallest absolute Gasteiger partial charge is 0.227 e. The second-order valence-electron chi connectivity index (χ2n) is 11.6. The number of hydrogen-bond donors (Lipinski definition) is 0. The Kier molecular flexibility index (Phi) is 6.98. The molecule has 9 rings (SSSR count). The lowest BCUT2D eigenvalue weighted by Gasteiger charge is -2.11. The highest BCUT2D eigenvalue weighted by atomic mass is 16.3. The van der Waals surface area contributed by atoms with Crippen LogP contribution in [0.25, 0.3) is 90.3 Å². The normalized spacial score (nSPS) is 11.3. The third-order valence-corrected chi connectivity index (χ3v) is 8.36. The van der Waals surface area contributed by atoms with Crippen molar-refractivity contribution in [1.82, 2.24) is 29.9 Å². The van der Waals surface area contributed by atoms with Gasteiger partial charge in [-0.1, -0.05) is 115 Å². The predicted octanol–water partition coefficient (Wildman–Crippen LogP) is 9.96. The molecule has 7 heteroatoms. The molecule has 230 valence electrons. The zero-order chi connectivity index (χ0) is 32.6. The summed E-state index contributed by atoms with van der Waals surface area (Å²) in [5.74, 6) is 2.97. The predicted molar refractivity (Wildman–Crippen MR) is 193 cm³/mol. The Balaban J connectivity index is 1.16. The maximum atomic E-state index is 6.09. The third-order valence-electron chi connectivity index (χ3n) is 8.36. The number of nitrogens with zero attached hydrogens (tertiary/aromatic N) is 6. The van der Waals surface area contributed by atoms with Crippen LogP contribution in [0.4, 0.5) is 0 Å². The van der Waals surface area contributed by atoms with Gasteiger partial charge in [0.2, 0.25) is 5.89 Å². The largest absolute Gasteiger partial charge is 0.436 e. The minimum Gasteiger partial charge on any atom is -0.436 e. The molecule has 0 unspecified atom stereocenters. The summed E-state index contributed by atoms with van der Waals surface area (Å²) in [4.78, 5) is 29.7. The molecule has 0 atom stereocenters. The Bertz CT molecular complexity index is 2550. The van der Waals surface area contributed by atoms with E-state index in [4.69, 9.17) is 34.3 Å². The van der Waals surface area contributed by atoms with E-state index < -0.39 is 0 Å². The van der Waals surface area contributed by atoms with Crippen LogP contribution in [0.5, 0.6) is 0 Å². The van der Waals surface area contributed by atoms with E-state index in [9.17, 15) is 0 Å². The Morgan fingerprint density at radius 2 is 0.857 bits per heavy atom. The van der Waals surface area contributed by atoms with Gasteiger partial charge in [-0.3, -0.25) is 0 Å². The summed E-state index contributed by atoms with van der Waals surface area (Å²) in [5, 5.41) is 0.950. The number of aromatic nitrogens is 6. The van der Waals surface area contributed by atoms with Crippen molar-refractivity contribution < 1.29 is 4.42 Å². The van der Waals surface area contributed by atoms with E-state index in [1.165, 1.54) is 0 Å². The van der Waals surface area contributed by atoms with E-state index in [2.05, 4.69) is 0 Å². The summed E-state index contributed by atoms with van der Waals surface area (Å²) in [6, 6.07) is 52.0. The average Bonchev–Trinajstić information content (AvgIpc) is 3.62. The molecule has 0 saturated carbocycles. The third kappa shape index (κ3) is 5.49. The van der Waals surface area contributed by atoms with Gasteiger partial charge in [0, 0.05) is 38.8 Å². The summed E-state index contributed by atoms with van der Waals surface area (Å²) >= 11 is 0. The molecular weight excluding hydrogens is 605 g/mol. The van der Waals surface area contributed by atoms with Crippen LogP contribution < -0.4 is 0 Å². The minimum absolute atomic E-state index is 0.571. The van der Waals surface area contributed by atoms with Crippen molar-refractivity contribution in [2.45, 2.75) is 0 Å². The van der Waals surface area contributed by atoms with Crippen molar-refractivity contribution in [1.29, 1.82) is 0 Å². The zero-order valence-corrected chi connectivity index (χ0v) is 26.1. The van der Waals surface area contributed by atoms with Gasteiger partial charge in [0.25, 0.3) is 0 Å². The van der Waals surface area contributed by atoms with Gasteiger partial charge in [-0.25, -0.2) is 29.9 Å². The number of hydrogen-bond acceptors (Lipinski definition) is 7. The lowest BCUT2D eigenvalue weighted by Crippen LogP contribution is -2.00. The van der Waals surface area contributed by atoms with E-state index in [0.717, 1.165) is 61.1 Å². The number of oxazole rings is 1.